The number of aliphatic hydroxyl groups excluding tert-OH is 1. The number of halogens is 1. The monoisotopic (exact) mass is 360 g/mol. The summed E-state index contributed by atoms with van der Waals surface area (Å²) in [6.45, 7) is 5.40. The van der Waals surface area contributed by atoms with E-state index in [2.05, 4.69) is 12.1 Å². The molecule has 2 aromatic carbocycles. The minimum Gasteiger partial charge on any atom is -0.481 e. The number of rotatable bonds is 7. The van der Waals surface area contributed by atoms with Gasteiger partial charge in [0.2, 0.25) is 0 Å². The molecule has 4 heteroatoms. The van der Waals surface area contributed by atoms with Crippen LogP contribution in [0.15, 0.2) is 42.5 Å². The van der Waals surface area contributed by atoms with Gasteiger partial charge in [0.1, 0.15) is 0 Å². The molecule has 134 valence electrons. The zero-order chi connectivity index (χ0) is 18.6. The highest BCUT2D eigenvalue weighted by Crippen LogP contribution is 2.27. The Kier molecular flexibility index (Phi) is 6.26. The van der Waals surface area contributed by atoms with E-state index in [0.717, 1.165) is 22.3 Å². The van der Waals surface area contributed by atoms with Gasteiger partial charge in [0.25, 0.3) is 0 Å². The van der Waals surface area contributed by atoms with Crippen molar-refractivity contribution in [3.63, 3.8) is 0 Å². The molecule has 0 bridgehead atoms. The zero-order valence-corrected chi connectivity index (χ0v) is 15.7. The SMILES string of the molecule is Cc1ccc(-c2ccc(Cl)cc2)cc1CC(O)CCC(C)(C)C(=O)O. The Bertz CT molecular complexity index is 735. The normalized spacial score (nSPS) is 12.8. The predicted molar refractivity (Wildman–Crippen MR) is 102 cm³/mol. The molecule has 0 saturated heterocycles. The van der Waals surface area contributed by atoms with Gasteiger partial charge in [-0.3, -0.25) is 4.79 Å². The van der Waals surface area contributed by atoms with Crippen molar-refractivity contribution in [3.05, 3.63) is 58.6 Å². The summed E-state index contributed by atoms with van der Waals surface area (Å²) in [5, 5.41) is 20.2. The highest BCUT2D eigenvalue weighted by atomic mass is 35.5. The molecular weight excluding hydrogens is 336 g/mol. The van der Waals surface area contributed by atoms with Gasteiger partial charge in [-0.15, -0.1) is 0 Å². The lowest BCUT2D eigenvalue weighted by Crippen LogP contribution is -2.26. The first-order valence-electron chi connectivity index (χ1n) is 8.46. The van der Waals surface area contributed by atoms with Crippen LogP contribution in [-0.2, 0) is 11.2 Å². The molecule has 2 rings (SSSR count). The van der Waals surface area contributed by atoms with Gasteiger partial charge in [0.05, 0.1) is 11.5 Å². The van der Waals surface area contributed by atoms with E-state index >= 15 is 0 Å². The topological polar surface area (TPSA) is 57.5 Å². The van der Waals surface area contributed by atoms with Gasteiger partial charge in [0, 0.05) is 5.02 Å². The van der Waals surface area contributed by atoms with Crippen LogP contribution >= 0.6 is 11.6 Å². The van der Waals surface area contributed by atoms with Gasteiger partial charge in [-0.05, 0) is 74.4 Å². The van der Waals surface area contributed by atoms with Gasteiger partial charge < -0.3 is 10.2 Å². The first kappa shape index (κ1) is 19.5. The Labute approximate surface area is 154 Å². The Morgan fingerprint density at radius 3 is 2.32 bits per heavy atom. The summed E-state index contributed by atoms with van der Waals surface area (Å²) in [5.74, 6) is -0.833. The van der Waals surface area contributed by atoms with E-state index in [1.807, 2.05) is 37.3 Å². The molecule has 0 amide bonds. The third-order valence-electron chi connectivity index (χ3n) is 4.66. The molecule has 0 heterocycles. The molecule has 0 radical (unpaired) electrons. The van der Waals surface area contributed by atoms with Gasteiger partial charge in [-0.2, -0.15) is 0 Å². The second-order valence-electron chi connectivity index (χ2n) is 7.23. The summed E-state index contributed by atoms with van der Waals surface area (Å²) in [5.41, 5.74) is 3.53. The number of aryl methyl sites for hydroxylation is 1. The zero-order valence-electron chi connectivity index (χ0n) is 14.9. The van der Waals surface area contributed by atoms with Crippen molar-refractivity contribution in [2.45, 2.75) is 46.1 Å². The average Bonchev–Trinajstić information content (AvgIpc) is 2.56. The Morgan fingerprint density at radius 2 is 1.72 bits per heavy atom. The molecule has 0 fully saturated rings. The molecule has 3 nitrogen and oxygen atoms in total. The number of hydrogen-bond donors (Lipinski definition) is 2. The van der Waals surface area contributed by atoms with E-state index in [4.69, 9.17) is 11.6 Å². The van der Waals surface area contributed by atoms with Crippen LogP contribution in [0.4, 0.5) is 0 Å². The number of benzene rings is 2. The van der Waals surface area contributed by atoms with Crippen LogP contribution in [0, 0.1) is 12.3 Å². The average molecular weight is 361 g/mol. The fourth-order valence-corrected chi connectivity index (χ4v) is 2.83. The third kappa shape index (κ3) is 5.32. The minimum atomic E-state index is -0.833. The van der Waals surface area contributed by atoms with E-state index in [1.54, 1.807) is 13.8 Å². The second-order valence-corrected chi connectivity index (χ2v) is 7.67. The smallest absolute Gasteiger partial charge is 0.309 e. The molecule has 0 aliphatic heterocycles. The van der Waals surface area contributed by atoms with Crippen LogP contribution in [0.2, 0.25) is 5.02 Å². The van der Waals surface area contributed by atoms with Crippen LogP contribution in [0.1, 0.15) is 37.8 Å². The first-order chi connectivity index (χ1) is 11.7. The van der Waals surface area contributed by atoms with Gasteiger partial charge in [-0.1, -0.05) is 41.9 Å². The number of aliphatic carboxylic acids is 1. The van der Waals surface area contributed by atoms with Gasteiger partial charge in [-0.25, -0.2) is 0 Å². The Hall–Kier alpha value is -1.84. The van der Waals surface area contributed by atoms with Crippen molar-refractivity contribution in [3.8, 4) is 11.1 Å². The lowest BCUT2D eigenvalue weighted by atomic mass is 9.85. The van der Waals surface area contributed by atoms with Gasteiger partial charge in [0.15, 0.2) is 0 Å². The van der Waals surface area contributed by atoms with Crippen LogP contribution in [0.25, 0.3) is 11.1 Å². The summed E-state index contributed by atoms with van der Waals surface area (Å²) < 4.78 is 0. The van der Waals surface area contributed by atoms with Crippen molar-refractivity contribution >= 4 is 17.6 Å². The molecule has 2 aromatic rings. The Morgan fingerprint density at radius 1 is 1.12 bits per heavy atom. The lowest BCUT2D eigenvalue weighted by Gasteiger charge is -2.21. The number of carboxylic acid groups (broad SMARTS) is 1. The van der Waals surface area contributed by atoms with E-state index in [1.165, 1.54) is 0 Å². The van der Waals surface area contributed by atoms with E-state index in [-0.39, 0.29) is 0 Å². The second kappa shape index (κ2) is 8.03. The maximum Gasteiger partial charge on any atom is 0.309 e. The summed E-state index contributed by atoms with van der Waals surface area (Å²) in [6.07, 6.45) is 0.865. The minimum absolute atomic E-state index is 0.444. The molecule has 0 spiro atoms. The fourth-order valence-electron chi connectivity index (χ4n) is 2.70. The molecule has 0 aliphatic carbocycles. The standard InChI is InChI=1S/C21H25ClO3/c1-14-4-5-16(15-6-8-18(22)9-7-15)12-17(14)13-19(23)10-11-21(2,3)20(24)25/h4-9,12,19,23H,10-11,13H2,1-3H3,(H,24,25). The molecule has 0 aromatic heterocycles. The molecule has 0 aliphatic rings. The number of carboxylic acids is 1. The summed E-state index contributed by atoms with van der Waals surface area (Å²) in [4.78, 5) is 11.2. The molecular formula is C21H25ClO3. The van der Waals surface area contributed by atoms with Crippen LogP contribution in [-0.4, -0.2) is 22.3 Å². The van der Waals surface area contributed by atoms with Crippen LogP contribution < -0.4 is 0 Å². The lowest BCUT2D eigenvalue weighted by molar-refractivity contribution is -0.147. The maximum atomic E-state index is 11.2. The third-order valence-corrected chi connectivity index (χ3v) is 4.92. The maximum absolute atomic E-state index is 11.2. The van der Waals surface area contributed by atoms with Crippen molar-refractivity contribution < 1.29 is 15.0 Å². The fraction of sp³-hybridized carbons (Fsp3) is 0.381. The van der Waals surface area contributed by atoms with E-state index in [0.29, 0.717) is 24.3 Å². The molecule has 2 N–H and O–H groups in total. The summed E-state index contributed by atoms with van der Waals surface area (Å²) in [6, 6.07) is 13.9. The number of aliphatic hydroxyl groups is 1. The highest BCUT2D eigenvalue weighted by molar-refractivity contribution is 6.30. The number of carbonyl (C=O) groups is 1. The largest absolute Gasteiger partial charge is 0.481 e. The van der Waals surface area contributed by atoms with Crippen molar-refractivity contribution in [2.75, 3.05) is 0 Å². The molecule has 1 atom stereocenters. The predicted octanol–water partition coefficient (Wildman–Crippen LogP) is 5.11. The molecule has 0 saturated carbocycles. The highest BCUT2D eigenvalue weighted by Gasteiger charge is 2.27. The van der Waals surface area contributed by atoms with E-state index < -0.39 is 17.5 Å². The van der Waals surface area contributed by atoms with Crippen molar-refractivity contribution in [2.24, 2.45) is 5.41 Å². The Balaban J connectivity index is 2.10. The van der Waals surface area contributed by atoms with Crippen LogP contribution in [0.5, 0.6) is 0 Å². The van der Waals surface area contributed by atoms with Crippen LogP contribution in [0.3, 0.4) is 0 Å². The quantitative estimate of drug-likeness (QED) is 0.721. The van der Waals surface area contributed by atoms with Crippen molar-refractivity contribution in [1.82, 2.24) is 0 Å². The molecule has 1 unspecified atom stereocenters. The summed E-state index contributed by atoms with van der Waals surface area (Å²) in [7, 11) is 0. The van der Waals surface area contributed by atoms with Gasteiger partial charge >= 0.3 is 5.97 Å². The summed E-state index contributed by atoms with van der Waals surface area (Å²) >= 11 is 5.94. The number of hydrogen-bond acceptors (Lipinski definition) is 2. The van der Waals surface area contributed by atoms with E-state index in [9.17, 15) is 15.0 Å². The molecule has 25 heavy (non-hydrogen) atoms. The first-order valence-corrected chi connectivity index (χ1v) is 8.84. The van der Waals surface area contributed by atoms with Crippen molar-refractivity contribution in [1.29, 1.82) is 0 Å².